The van der Waals surface area contributed by atoms with E-state index in [4.69, 9.17) is 10.5 Å². The lowest BCUT2D eigenvalue weighted by atomic mass is 9.94. The average molecular weight is 173 g/mol. The van der Waals surface area contributed by atoms with E-state index < -0.39 is 0 Å². The van der Waals surface area contributed by atoms with Crippen molar-refractivity contribution in [2.24, 2.45) is 11.1 Å². The van der Waals surface area contributed by atoms with Crippen LogP contribution >= 0.6 is 0 Å². The molecule has 0 heterocycles. The highest BCUT2D eigenvalue weighted by atomic mass is 16.5. The van der Waals surface area contributed by atoms with Crippen molar-refractivity contribution in [2.75, 3.05) is 13.2 Å². The molecule has 0 aromatic rings. The van der Waals surface area contributed by atoms with Crippen molar-refractivity contribution in [3.63, 3.8) is 0 Å². The summed E-state index contributed by atoms with van der Waals surface area (Å²) in [5.41, 5.74) is 5.69. The SMILES string of the molecule is CCC(C)(C)OCC(C)(C)CN. The van der Waals surface area contributed by atoms with Crippen LogP contribution < -0.4 is 5.73 Å². The van der Waals surface area contributed by atoms with Gasteiger partial charge in [0.05, 0.1) is 12.2 Å². The Morgan fingerprint density at radius 3 is 2.00 bits per heavy atom. The van der Waals surface area contributed by atoms with Crippen LogP contribution in [-0.4, -0.2) is 18.8 Å². The second-order valence-electron chi connectivity index (χ2n) is 4.77. The molecular weight excluding hydrogens is 150 g/mol. The predicted octanol–water partition coefficient (Wildman–Crippen LogP) is 2.18. The Labute approximate surface area is 76.5 Å². The molecule has 0 aliphatic rings. The largest absolute Gasteiger partial charge is 0.375 e. The molecule has 0 fully saturated rings. The van der Waals surface area contributed by atoms with Gasteiger partial charge >= 0.3 is 0 Å². The Balaban J connectivity index is 3.82. The minimum absolute atomic E-state index is 0.00750. The number of hydrogen-bond acceptors (Lipinski definition) is 2. The zero-order valence-electron chi connectivity index (χ0n) is 9.11. The summed E-state index contributed by atoms with van der Waals surface area (Å²) in [4.78, 5) is 0. The lowest BCUT2D eigenvalue weighted by Gasteiger charge is -2.30. The van der Waals surface area contributed by atoms with Crippen molar-refractivity contribution in [1.82, 2.24) is 0 Å². The van der Waals surface area contributed by atoms with Crippen molar-refractivity contribution in [3.05, 3.63) is 0 Å². The quantitative estimate of drug-likeness (QED) is 0.691. The molecule has 0 aliphatic carbocycles. The molecule has 0 amide bonds. The summed E-state index contributed by atoms with van der Waals surface area (Å²) in [5, 5.41) is 0. The average Bonchev–Trinajstić information content (AvgIpc) is 2.02. The molecule has 12 heavy (non-hydrogen) atoms. The summed E-state index contributed by atoms with van der Waals surface area (Å²) in [6.07, 6.45) is 1.04. The standard InChI is InChI=1S/C10H23NO/c1-6-10(4,5)12-8-9(2,3)7-11/h6-8,11H2,1-5H3. The van der Waals surface area contributed by atoms with Crippen molar-refractivity contribution in [2.45, 2.75) is 46.6 Å². The van der Waals surface area contributed by atoms with Crippen LogP contribution in [0.15, 0.2) is 0 Å². The summed E-state index contributed by atoms with van der Waals surface area (Å²) >= 11 is 0. The second-order valence-corrected chi connectivity index (χ2v) is 4.77. The molecule has 0 bridgehead atoms. The molecule has 74 valence electrons. The first kappa shape index (κ1) is 11.9. The van der Waals surface area contributed by atoms with Gasteiger partial charge in [-0.3, -0.25) is 0 Å². The van der Waals surface area contributed by atoms with Crippen LogP contribution in [-0.2, 0) is 4.74 Å². The van der Waals surface area contributed by atoms with Crippen LogP contribution in [0, 0.1) is 5.41 Å². The van der Waals surface area contributed by atoms with Gasteiger partial charge in [-0.1, -0.05) is 20.8 Å². The first-order valence-corrected chi connectivity index (χ1v) is 4.67. The lowest BCUT2D eigenvalue weighted by Crippen LogP contribution is -2.34. The van der Waals surface area contributed by atoms with E-state index in [1.807, 2.05) is 0 Å². The highest BCUT2D eigenvalue weighted by molar-refractivity contribution is 4.72. The summed E-state index contributed by atoms with van der Waals surface area (Å²) < 4.78 is 5.75. The summed E-state index contributed by atoms with van der Waals surface area (Å²) in [6, 6.07) is 0. The van der Waals surface area contributed by atoms with E-state index in [0.29, 0.717) is 6.54 Å². The van der Waals surface area contributed by atoms with Gasteiger partial charge in [0, 0.05) is 5.41 Å². The van der Waals surface area contributed by atoms with Crippen LogP contribution in [0.5, 0.6) is 0 Å². The molecule has 0 rings (SSSR count). The molecule has 0 saturated heterocycles. The fourth-order valence-electron chi connectivity index (χ4n) is 0.552. The maximum atomic E-state index is 5.75. The fourth-order valence-corrected chi connectivity index (χ4v) is 0.552. The predicted molar refractivity (Wildman–Crippen MR) is 53.2 cm³/mol. The maximum absolute atomic E-state index is 5.75. The molecule has 2 N–H and O–H groups in total. The van der Waals surface area contributed by atoms with Gasteiger partial charge < -0.3 is 10.5 Å². The minimum Gasteiger partial charge on any atom is -0.375 e. The van der Waals surface area contributed by atoms with Gasteiger partial charge in [-0.15, -0.1) is 0 Å². The molecule has 2 nitrogen and oxygen atoms in total. The smallest absolute Gasteiger partial charge is 0.0624 e. The molecular formula is C10H23NO. The van der Waals surface area contributed by atoms with Crippen LogP contribution in [0.1, 0.15) is 41.0 Å². The fraction of sp³-hybridized carbons (Fsp3) is 1.00. The zero-order chi connectivity index (χ0) is 9.83. The van der Waals surface area contributed by atoms with Gasteiger partial charge in [0.2, 0.25) is 0 Å². The van der Waals surface area contributed by atoms with Gasteiger partial charge in [-0.2, -0.15) is 0 Å². The maximum Gasteiger partial charge on any atom is 0.0624 e. The first-order chi connectivity index (χ1) is 5.33. The molecule has 0 unspecified atom stereocenters. The van der Waals surface area contributed by atoms with Gasteiger partial charge in [0.15, 0.2) is 0 Å². The highest BCUT2D eigenvalue weighted by Gasteiger charge is 2.22. The summed E-state index contributed by atoms with van der Waals surface area (Å²) in [5.74, 6) is 0. The Bertz CT molecular complexity index is 114. The van der Waals surface area contributed by atoms with Gasteiger partial charge in [-0.25, -0.2) is 0 Å². The lowest BCUT2D eigenvalue weighted by molar-refractivity contribution is -0.0543. The normalized spacial score (nSPS) is 13.5. The van der Waals surface area contributed by atoms with Gasteiger partial charge in [-0.05, 0) is 26.8 Å². The molecule has 0 aromatic carbocycles. The van der Waals surface area contributed by atoms with E-state index in [2.05, 4.69) is 34.6 Å². The Kier molecular flexibility index (Phi) is 4.21. The minimum atomic E-state index is -0.00750. The van der Waals surface area contributed by atoms with E-state index in [9.17, 15) is 0 Å². The first-order valence-electron chi connectivity index (χ1n) is 4.67. The van der Waals surface area contributed by atoms with Crippen molar-refractivity contribution in [3.8, 4) is 0 Å². The van der Waals surface area contributed by atoms with E-state index >= 15 is 0 Å². The van der Waals surface area contributed by atoms with Crippen LogP contribution in [0.25, 0.3) is 0 Å². The molecule has 0 radical (unpaired) electrons. The zero-order valence-corrected chi connectivity index (χ0v) is 9.11. The van der Waals surface area contributed by atoms with Crippen LogP contribution in [0.4, 0.5) is 0 Å². The Morgan fingerprint density at radius 1 is 1.17 bits per heavy atom. The van der Waals surface area contributed by atoms with E-state index in [1.165, 1.54) is 0 Å². The topological polar surface area (TPSA) is 35.2 Å². The van der Waals surface area contributed by atoms with Crippen molar-refractivity contribution >= 4 is 0 Å². The molecule has 0 aliphatic heterocycles. The van der Waals surface area contributed by atoms with Gasteiger partial charge in [0.25, 0.3) is 0 Å². The third kappa shape index (κ3) is 4.73. The van der Waals surface area contributed by atoms with E-state index in [1.54, 1.807) is 0 Å². The molecule has 0 spiro atoms. The number of hydrogen-bond donors (Lipinski definition) is 1. The third-order valence-electron chi connectivity index (χ3n) is 2.26. The summed E-state index contributed by atoms with van der Waals surface area (Å²) in [7, 11) is 0. The van der Waals surface area contributed by atoms with E-state index in [-0.39, 0.29) is 11.0 Å². The molecule has 0 atom stereocenters. The van der Waals surface area contributed by atoms with Crippen LogP contribution in [0.2, 0.25) is 0 Å². The number of nitrogens with two attached hydrogens (primary N) is 1. The van der Waals surface area contributed by atoms with Crippen molar-refractivity contribution in [1.29, 1.82) is 0 Å². The van der Waals surface area contributed by atoms with E-state index in [0.717, 1.165) is 13.0 Å². The number of rotatable bonds is 5. The molecule has 2 heteroatoms. The third-order valence-corrected chi connectivity index (χ3v) is 2.26. The number of ether oxygens (including phenoxy) is 1. The highest BCUT2D eigenvalue weighted by Crippen LogP contribution is 2.20. The Morgan fingerprint density at radius 2 is 1.67 bits per heavy atom. The monoisotopic (exact) mass is 173 g/mol. The summed E-state index contributed by atoms with van der Waals surface area (Å²) in [6.45, 7) is 12.0. The Hall–Kier alpha value is -0.0800. The molecule has 0 aromatic heterocycles. The molecule has 0 saturated carbocycles. The van der Waals surface area contributed by atoms with Crippen molar-refractivity contribution < 1.29 is 4.74 Å². The second kappa shape index (κ2) is 4.24. The van der Waals surface area contributed by atoms with Gasteiger partial charge in [0.1, 0.15) is 0 Å². The van der Waals surface area contributed by atoms with Crippen LogP contribution in [0.3, 0.4) is 0 Å².